The van der Waals surface area contributed by atoms with Crippen molar-refractivity contribution in [2.45, 2.75) is 19.9 Å². The first-order valence-corrected chi connectivity index (χ1v) is 6.38. The molecule has 0 aliphatic rings. The van der Waals surface area contributed by atoms with Crippen molar-refractivity contribution in [1.29, 1.82) is 0 Å². The number of hydrazine groups is 1. The number of nitrogens with one attached hydrogen (secondary N) is 1. The van der Waals surface area contributed by atoms with E-state index in [1.165, 1.54) is 6.07 Å². The van der Waals surface area contributed by atoms with Crippen LogP contribution in [0.1, 0.15) is 28.3 Å². The number of benzene rings is 2. The molecule has 0 radical (unpaired) electrons. The van der Waals surface area contributed by atoms with Crippen LogP contribution in [0.4, 0.5) is 4.39 Å². The summed E-state index contributed by atoms with van der Waals surface area (Å²) in [7, 11) is 0. The minimum Gasteiger partial charge on any atom is -0.271 e. The lowest BCUT2D eigenvalue weighted by atomic mass is 9.96. The van der Waals surface area contributed by atoms with Crippen LogP contribution in [0.5, 0.6) is 0 Å². The lowest BCUT2D eigenvalue weighted by Gasteiger charge is -2.19. The average Bonchev–Trinajstić information content (AvgIpc) is 2.31. The molecule has 0 saturated heterocycles. The molecule has 0 spiro atoms. The zero-order valence-corrected chi connectivity index (χ0v) is 11.6. The fraction of sp³-hybridized carbons (Fsp3) is 0.200. The van der Waals surface area contributed by atoms with Crippen molar-refractivity contribution in [3.63, 3.8) is 0 Å². The van der Waals surface area contributed by atoms with Crippen LogP contribution in [0, 0.1) is 19.7 Å². The van der Waals surface area contributed by atoms with Crippen LogP contribution in [0.25, 0.3) is 0 Å². The van der Waals surface area contributed by atoms with E-state index in [2.05, 4.69) is 11.5 Å². The summed E-state index contributed by atoms with van der Waals surface area (Å²) in [4.78, 5) is 0. The molecule has 19 heavy (non-hydrogen) atoms. The molecule has 0 saturated carbocycles. The summed E-state index contributed by atoms with van der Waals surface area (Å²) >= 11 is 5.77. The standard InChI is InChI=1S/C15H16ClFN2/c1-9-5-10(2)7-11(6-9)15(19-18)13-4-3-12(16)8-14(13)17/h3-8,15,19H,18H2,1-2H3. The zero-order chi connectivity index (χ0) is 14.0. The molecular weight excluding hydrogens is 263 g/mol. The molecule has 0 aliphatic carbocycles. The smallest absolute Gasteiger partial charge is 0.129 e. The Morgan fingerprint density at radius 3 is 2.26 bits per heavy atom. The summed E-state index contributed by atoms with van der Waals surface area (Å²) in [5, 5.41) is 0.373. The summed E-state index contributed by atoms with van der Waals surface area (Å²) in [5.74, 6) is 5.23. The normalized spacial score (nSPS) is 12.5. The van der Waals surface area contributed by atoms with Crippen molar-refractivity contribution in [2.24, 2.45) is 5.84 Å². The minimum atomic E-state index is -0.393. The molecule has 1 unspecified atom stereocenters. The van der Waals surface area contributed by atoms with Crippen LogP contribution < -0.4 is 11.3 Å². The number of halogens is 2. The summed E-state index contributed by atoms with van der Waals surface area (Å²) in [6.45, 7) is 4.00. The van der Waals surface area contributed by atoms with Gasteiger partial charge in [0.05, 0.1) is 6.04 Å². The molecule has 2 nitrogen and oxygen atoms in total. The highest BCUT2D eigenvalue weighted by Crippen LogP contribution is 2.27. The maximum Gasteiger partial charge on any atom is 0.129 e. The van der Waals surface area contributed by atoms with Crippen molar-refractivity contribution < 1.29 is 4.39 Å². The van der Waals surface area contributed by atoms with Gasteiger partial charge in [0.1, 0.15) is 5.82 Å². The van der Waals surface area contributed by atoms with Gasteiger partial charge >= 0.3 is 0 Å². The Kier molecular flexibility index (Phi) is 4.20. The molecule has 0 aromatic heterocycles. The quantitative estimate of drug-likeness (QED) is 0.664. The molecule has 2 aromatic rings. The van der Waals surface area contributed by atoms with Crippen molar-refractivity contribution >= 4 is 11.6 Å². The number of rotatable bonds is 3. The van der Waals surface area contributed by atoms with E-state index in [9.17, 15) is 4.39 Å². The van der Waals surface area contributed by atoms with E-state index in [1.54, 1.807) is 12.1 Å². The van der Waals surface area contributed by atoms with Crippen LogP contribution in [0.3, 0.4) is 0 Å². The fourth-order valence-corrected chi connectivity index (χ4v) is 2.44. The van der Waals surface area contributed by atoms with Crippen molar-refractivity contribution in [3.8, 4) is 0 Å². The first-order chi connectivity index (χ1) is 9.01. The topological polar surface area (TPSA) is 38.0 Å². The molecular formula is C15H16ClFN2. The van der Waals surface area contributed by atoms with Crippen LogP contribution in [0.15, 0.2) is 36.4 Å². The monoisotopic (exact) mass is 278 g/mol. The largest absolute Gasteiger partial charge is 0.271 e. The zero-order valence-electron chi connectivity index (χ0n) is 10.9. The molecule has 2 aromatic carbocycles. The van der Waals surface area contributed by atoms with E-state index in [-0.39, 0.29) is 5.82 Å². The lowest BCUT2D eigenvalue weighted by molar-refractivity contribution is 0.560. The Bertz CT molecular complexity index is 578. The highest BCUT2D eigenvalue weighted by molar-refractivity contribution is 6.30. The van der Waals surface area contributed by atoms with Crippen molar-refractivity contribution in [2.75, 3.05) is 0 Å². The Morgan fingerprint density at radius 2 is 1.74 bits per heavy atom. The van der Waals surface area contributed by atoms with Gasteiger partial charge < -0.3 is 0 Å². The first-order valence-electron chi connectivity index (χ1n) is 6.00. The second-order valence-electron chi connectivity index (χ2n) is 4.69. The number of hydrogen-bond acceptors (Lipinski definition) is 2. The van der Waals surface area contributed by atoms with Crippen LogP contribution >= 0.6 is 11.6 Å². The van der Waals surface area contributed by atoms with Gasteiger partial charge in [0, 0.05) is 10.6 Å². The van der Waals surface area contributed by atoms with Gasteiger partial charge in [-0.05, 0) is 31.5 Å². The van der Waals surface area contributed by atoms with E-state index in [0.717, 1.165) is 16.7 Å². The molecule has 1 atom stereocenters. The maximum absolute atomic E-state index is 14.0. The van der Waals surface area contributed by atoms with Gasteiger partial charge in [-0.2, -0.15) is 0 Å². The maximum atomic E-state index is 14.0. The summed E-state index contributed by atoms with van der Waals surface area (Å²) in [6, 6.07) is 10.3. The average molecular weight is 279 g/mol. The van der Waals surface area contributed by atoms with Gasteiger partial charge in [-0.3, -0.25) is 5.84 Å². The Balaban J connectivity index is 2.49. The second-order valence-corrected chi connectivity index (χ2v) is 5.12. The Hall–Kier alpha value is -1.42. The lowest BCUT2D eigenvalue weighted by Crippen LogP contribution is -2.29. The van der Waals surface area contributed by atoms with Gasteiger partial charge in [0.2, 0.25) is 0 Å². The molecule has 0 bridgehead atoms. The third kappa shape index (κ3) is 3.13. The molecule has 0 amide bonds. The van der Waals surface area contributed by atoms with Crippen molar-refractivity contribution in [3.05, 3.63) is 69.5 Å². The van der Waals surface area contributed by atoms with E-state index in [0.29, 0.717) is 10.6 Å². The van der Waals surface area contributed by atoms with Gasteiger partial charge in [0.25, 0.3) is 0 Å². The van der Waals surface area contributed by atoms with Gasteiger partial charge in [0.15, 0.2) is 0 Å². The third-order valence-electron chi connectivity index (χ3n) is 3.02. The van der Waals surface area contributed by atoms with E-state index in [1.807, 2.05) is 26.0 Å². The number of aryl methyl sites for hydroxylation is 2. The van der Waals surface area contributed by atoms with Gasteiger partial charge in [-0.1, -0.05) is 47.0 Å². The number of hydrogen-bond donors (Lipinski definition) is 2. The molecule has 0 aliphatic heterocycles. The molecule has 2 rings (SSSR count). The molecule has 4 heteroatoms. The second kappa shape index (κ2) is 5.70. The first kappa shape index (κ1) is 14.0. The Labute approximate surface area is 117 Å². The highest BCUT2D eigenvalue weighted by atomic mass is 35.5. The van der Waals surface area contributed by atoms with Crippen LogP contribution in [-0.2, 0) is 0 Å². The molecule has 100 valence electrons. The predicted molar refractivity (Wildman–Crippen MR) is 76.5 cm³/mol. The number of nitrogens with two attached hydrogens (primary N) is 1. The highest BCUT2D eigenvalue weighted by Gasteiger charge is 2.17. The van der Waals surface area contributed by atoms with E-state index in [4.69, 9.17) is 17.4 Å². The van der Waals surface area contributed by atoms with Crippen LogP contribution in [0.2, 0.25) is 5.02 Å². The molecule has 0 heterocycles. The Morgan fingerprint density at radius 1 is 1.11 bits per heavy atom. The van der Waals surface area contributed by atoms with Gasteiger partial charge in [-0.15, -0.1) is 0 Å². The summed E-state index contributed by atoms with van der Waals surface area (Å²) < 4.78 is 14.0. The minimum absolute atomic E-state index is 0.366. The third-order valence-corrected chi connectivity index (χ3v) is 3.25. The van der Waals surface area contributed by atoms with E-state index < -0.39 is 6.04 Å². The van der Waals surface area contributed by atoms with E-state index >= 15 is 0 Å². The summed E-state index contributed by atoms with van der Waals surface area (Å²) in [6.07, 6.45) is 0. The van der Waals surface area contributed by atoms with Crippen LogP contribution in [-0.4, -0.2) is 0 Å². The molecule has 0 fully saturated rings. The van der Waals surface area contributed by atoms with Gasteiger partial charge in [-0.25, -0.2) is 9.82 Å². The predicted octanol–water partition coefficient (Wildman–Crippen LogP) is 3.65. The summed E-state index contributed by atoms with van der Waals surface area (Å²) in [5.41, 5.74) is 6.31. The fourth-order valence-electron chi connectivity index (χ4n) is 2.28. The SMILES string of the molecule is Cc1cc(C)cc(C(NN)c2ccc(Cl)cc2F)c1. The van der Waals surface area contributed by atoms with Crippen molar-refractivity contribution in [1.82, 2.24) is 5.43 Å². The molecule has 3 N–H and O–H groups in total.